The van der Waals surface area contributed by atoms with E-state index < -0.39 is 0 Å². The van der Waals surface area contributed by atoms with Crippen molar-refractivity contribution < 1.29 is 14.3 Å². The second-order valence-electron chi connectivity index (χ2n) is 7.05. The summed E-state index contributed by atoms with van der Waals surface area (Å²) in [6.45, 7) is 7.56. The largest absolute Gasteiger partial charge is 0.496 e. The zero-order valence-electron chi connectivity index (χ0n) is 17.8. The molecule has 1 aromatic carbocycles. The molecule has 0 aliphatic carbocycles. The lowest BCUT2D eigenvalue weighted by Gasteiger charge is -2.33. The first-order valence-corrected chi connectivity index (χ1v) is 10.9. The van der Waals surface area contributed by atoms with Crippen LogP contribution in [0.4, 0.5) is 0 Å². The van der Waals surface area contributed by atoms with Gasteiger partial charge in [-0.1, -0.05) is 19.1 Å². The molecule has 0 radical (unpaired) electrons. The first-order chi connectivity index (χ1) is 13.6. The minimum Gasteiger partial charge on any atom is -0.496 e. The van der Waals surface area contributed by atoms with Gasteiger partial charge in [-0.25, -0.2) is 0 Å². The molecule has 1 aromatic rings. The van der Waals surface area contributed by atoms with Gasteiger partial charge in [0.05, 0.1) is 20.1 Å². The number of nitrogens with zero attached hydrogens (tertiary/aromatic N) is 2. The average molecular weight is 535 g/mol. The van der Waals surface area contributed by atoms with Crippen LogP contribution in [0.3, 0.4) is 0 Å². The van der Waals surface area contributed by atoms with Crippen LogP contribution in [0.25, 0.3) is 0 Å². The maximum Gasteiger partial charge on any atom is 0.308 e. The van der Waals surface area contributed by atoms with Gasteiger partial charge in [-0.05, 0) is 37.8 Å². The predicted molar refractivity (Wildman–Crippen MR) is 131 cm³/mol. The summed E-state index contributed by atoms with van der Waals surface area (Å²) >= 11 is 1.81. The van der Waals surface area contributed by atoms with Crippen molar-refractivity contribution in [1.29, 1.82) is 0 Å². The lowest BCUT2D eigenvalue weighted by molar-refractivity contribution is -0.146. The highest BCUT2D eigenvalue weighted by Gasteiger charge is 2.27. The first kappa shape index (κ1) is 25.9. The Balaban J connectivity index is 0.00000420. The average Bonchev–Trinajstić information content (AvgIpc) is 2.74. The summed E-state index contributed by atoms with van der Waals surface area (Å²) in [6.07, 6.45) is 1.63. The molecule has 2 rings (SSSR count). The van der Waals surface area contributed by atoms with E-state index in [0.717, 1.165) is 61.4 Å². The third kappa shape index (κ3) is 8.24. The van der Waals surface area contributed by atoms with Crippen molar-refractivity contribution in [2.45, 2.75) is 31.6 Å². The lowest BCUT2D eigenvalue weighted by Crippen LogP contribution is -2.46. The van der Waals surface area contributed by atoms with Gasteiger partial charge in [0.1, 0.15) is 5.75 Å². The maximum absolute atomic E-state index is 11.7. The van der Waals surface area contributed by atoms with Crippen LogP contribution in [0, 0.1) is 11.8 Å². The van der Waals surface area contributed by atoms with Crippen LogP contribution >= 0.6 is 35.7 Å². The summed E-state index contributed by atoms with van der Waals surface area (Å²) < 4.78 is 10.3. The Bertz CT molecular complexity index is 652. The van der Waals surface area contributed by atoms with Crippen LogP contribution in [-0.2, 0) is 9.53 Å². The summed E-state index contributed by atoms with van der Waals surface area (Å²) in [4.78, 5) is 20.0. The summed E-state index contributed by atoms with van der Waals surface area (Å²) in [5, 5.41) is 3.39. The number of likely N-dealkylation sites (tertiary alicyclic amines) is 1. The first-order valence-electron chi connectivity index (χ1n) is 9.95. The Labute approximate surface area is 196 Å². The third-order valence-electron chi connectivity index (χ3n) is 4.81. The van der Waals surface area contributed by atoms with Crippen molar-refractivity contribution in [3.63, 3.8) is 0 Å². The molecule has 1 heterocycles. The number of guanidine groups is 1. The van der Waals surface area contributed by atoms with Gasteiger partial charge < -0.3 is 19.7 Å². The highest BCUT2D eigenvalue weighted by molar-refractivity contribution is 14.0. The summed E-state index contributed by atoms with van der Waals surface area (Å²) in [5.41, 5.74) is 0. The van der Waals surface area contributed by atoms with Crippen molar-refractivity contribution >= 4 is 47.7 Å². The van der Waals surface area contributed by atoms with Crippen LogP contribution in [0.2, 0.25) is 0 Å². The Hall–Kier alpha value is -1.16. The molecule has 164 valence electrons. The molecule has 1 unspecified atom stereocenters. The number of piperidine rings is 1. The Kier molecular flexibility index (Phi) is 12.4. The van der Waals surface area contributed by atoms with E-state index in [4.69, 9.17) is 14.5 Å². The second-order valence-corrected chi connectivity index (χ2v) is 8.11. The molecule has 0 spiro atoms. The predicted octanol–water partition coefficient (Wildman–Crippen LogP) is 3.89. The number of methoxy groups -OCH3 is 2. The van der Waals surface area contributed by atoms with Gasteiger partial charge in [0, 0.05) is 36.8 Å². The highest BCUT2D eigenvalue weighted by atomic mass is 127. The van der Waals surface area contributed by atoms with E-state index in [1.807, 2.05) is 18.2 Å². The number of rotatable bonds is 8. The number of aliphatic imine (C=N–C) groups is 1. The van der Waals surface area contributed by atoms with Crippen molar-refractivity contribution in [3.05, 3.63) is 24.3 Å². The molecule has 1 fully saturated rings. The fourth-order valence-electron chi connectivity index (χ4n) is 3.18. The number of carbonyl (C=O) groups excluding carboxylic acids is 1. The van der Waals surface area contributed by atoms with Crippen molar-refractivity contribution in [2.24, 2.45) is 16.8 Å². The van der Waals surface area contributed by atoms with Crippen molar-refractivity contribution in [1.82, 2.24) is 10.2 Å². The topological polar surface area (TPSA) is 63.2 Å². The van der Waals surface area contributed by atoms with Gasteiger partial charge in [0.25, 0.3) is 0 Å². The molecular formula is C21H34IN3O3S. The van der Waals surface area contributed by atoms with Crippen molar-refractivity contribution in [2.75, 3.05) is 46.2 Å². The molecule has 1 atom stereocenters. The number of thioether (sulfide) groups is 1. The van der Waals surface area contributed by atoms with Gasteiger partial charge in [-0.2, -0.15) is 0 Å². The number of carbonyl (C=O) groups is 1. The van der Waals surface area contributed by atoms with E-state index >= 15 is 0 Å². The summed E-state index contributed by atoms with van der Waals surface area (Å²) in [5.74, 6) is 3.21. The minimum absolute atomic E-state index is 0. The van der Waals surface area contributed by atoms with E-state index in [-0.39, 0.29) is 35.9 Å². The van der Waals surface area contributed by atoms with Gasteiger partial charge in [0.15, 0.2) is 5.96 Å². The number of para-hydroxylation sites is 1. The quantitative estimate of drug-likeness (QED) is 0.179. The molecule has 1 aliphatic heterocycles. The van der Waals surface area contributed by atoms with Crippen LogP contribution in [0.15, 0.2) is 34.2 Å². The van der Waals surface area contributed by atoms with Gasteiger partial charge in [0.2, 0.25) is 0 Å². The van der Waals surface area contributed by atoms with E-state index in [1.54, 1.807) is 18.9 Å². The Morgan fingerprint density at radius 3 is 2.62 bits per heavy atom. The molecule has 0 amide bonds. The fraction of sp³-hybridized carbons (Fsp3) is 0.619. The maximum atomic E-state index is 11.7. The molecular weight excluding hydrogens is 501 g/mol. The molecule has 1 saturated heterocycles. The van der Waals surface area contributed by atoms with Gasteiger partial charge >= 0.3 is 5.97 Å². The number of halogens is 1. The number of hydrogen-bond donors (Lipinski definition) is 1. The van der Waals surface area contributed by atoms with E-state index in [9.17, 15) is 4.79 Å². The number of nitrogens with one attached hydrogen (secondary N) is 1. The fourth-order valence-corrected chi connectivity index (χ4v) is 4.22. The third-order valence-corrected chi connectivity index (χ3v) is 6.19. The zero-order chi connectivity index (χ0) is 20.4. The molecule has 0 aromatic heterocycles. The summed E-state index contributed by atoms with van der Waals surface area (Å²) in [6, 6.07) is 8.11. The number of benzene rings is 1. The Morgan fingerprint density at radius 1 is 1.31 bits per heavy atom. The van der Waals surface area contributed by atoms with Crippen LogP contribution in [0.5, 0.6) is 5.75 Å². The molecule has 8 heteroatoms. The molecule has 29 heavy (non-hydrogen) atoms. The van der Waals surface area contributed by atoms with Crippen LogP contribution in [0.1, 0.15) is 26.7 Å². The normalized spacial score (nSPS) is 16.0. The number of esters is 1. The van der Waals surface area contributed by atoms with E-state index in [2.05, 4.69) is 30.1 Å². The highest BCUT2D eigenvalue weighted by Crippen LogP contribution is 2.30. The lowest BCUT2D eigenvalue weighted by atomic mass is 9.97. The second kappa shape index (κ2) is 14.0. The van der Waals surface area contributed by atoms with Gasteiger partial charge in [-0.3, -0.25) is 9.79 Å². The number of ether oxygens (including phenoxy) is 2. The standard InChI is InChI=1S/C21H33N3O3S.HI/c1-5-22-21(24-12-10-17(11-13-24)20(25)27-4)23-14-16(2)15-28-19-9-7-6-8-18(19)26-3;/h6-9,16-17H,5,10-15H2,1-4H3,(H,22,23);1H. The minimum atomic E-state index is -0.0939. The molecule has 1 N–H and O–H groups in total. The molecule has 1 aliphatic rings. The zero-order valence-corrected chi connectivity index (χ0v) is 21.0. The van der Waals surface area contributed by atoms with Crippen molar-refractivity contribution in [3.8, 4) is 5.75 Å². The van der Waals surface area contributed by atoms with Crippen LogP contribution in [-0.4, -0.2) is 63.0 Å². The molecule has 0 saturated carbocycles. The van der Waals surface area contributed by atoms with E-state index in [1.165, 1.54) is 7.11 Å². The molecule has 0 bridgehead atoms. The summed E-state index contributed by atoms with van der Waals surface area (Å²) in [7, 11) is 3.17. The molecule has 6 nitrogen and oxygen atoms in total. The monoisotopic (exact) mass is 535 g/mol. The SMILES string of the molecule is CCNC(=NCC(C)CSc1ccccc1OC)N1CCC(C(=O)OC)CC1.I. The Morgan fingerprint density at radius 2 is 2.00 bits per heavy atom. The van der Waals surface area contributed by atoms with Gasteiger partial charge in [-0.15, -0.1) is 35.7 Å². The smallest absolute Gasteiger partial charge is 0.308 e. The van der Waals surface area contributed by atoms with E-state index in [0.29, 0.717) is 5.92 Å². The van der Waals surface area contributed by atoms with Crippen LogP contribution < -0.4 is 10.1 Å². The number of hydrogen-bond acceptors (Lipinski definition) is 5.